The van der Waals surface area contributed by atoms with Crippen LogP contribution in [0.1, 0.15) is 25.0 Å². The van der Waals surface area contributed by atoms with Gasteiger partial charge in [-0.25, -0.2) is 4.39 Å². The monoisotopic (exact) mass is 414 g/mol. The van der Waals surface area contributed by atoms with E-state index in [0.717, 1.165) is 26.4 Å². The van der Waals surface area contributed by atoms with Gasteiger partial charge in [0.15, 0.2) is 0 Å². The van der Waals surface area contributed by atoms with Crippen LogP contribution in [0.3, 0.4) is 0 Å². The van der Waals surface area contributed by atoms with Crippen molar-refractivity contribution in [2.45, 2.75) is 6.92 Å². The summed E-state index contributed by atoms with van der Waals surface area (Å²) in [7, 11) is 1.82. The molecule has 0 aliphatic rings. The van der Waals surface area contributed by atoms with E-state index in [4.69, 9.17) is 0 Å². The van der Waals surface area contributed by atoms with Crippen molar-refractivity contribution in [1.82, 2.24) is 20.6 Å². The molecule has 3 heterocycles. The van der Waals surface area contributed by atoms with Gasteiger partial charge >= 0.3 is 0 Å². The summed E-state index contributed by atoms with van der Waals surface area (Å²) < 4.78 is 14.8. The number of amides is 2. The Hall–Kier alpha value is -3.04. The summed E-state index contributed by atoms with van der Waals surface area (Å²) in [6.07, 6.45) is 0. The van der Waals surface area contributed by atoms with Gasteiger partial charge in [0.2, 0.25) is 0 Å². The predicted molar refractivity (Wildman–Crippen MR) is 108 cm³/mol. The molecule has 0 aliphatic carbocycles. The molecule has 1 aromatic carbocycles. The normalized spacial score (nSPS) is 11.0. The average molecular weight is 414 g/mol. The number of hydrazine groups is 1. The number of fused-ring (bicyclic) bond motifs is 1. The Balaban J connectivity index is 1.43. The summed E-state index contributed by atoms with van der Waals surface area (Å²) in [4.78, 5) is 27.3. The third-order valence-electron chi connectivity index (χ3n) is 4.17. The zero-order valence-corrected chi connectivity index (χ0v) is 16.6. The van der Waals surface area contributed by atoms with Gasteiger partial charge in [0.1, 0.15) is 10.6 Å². The molecule has 0 spiro atoms. The Labute approximate surface area is 167 Å². The van der Waals surface area contributed by atoms with E-state index in [2.05, 4.69) is 16.0 Å². The van der Waals surface area contributed by atoms with Gasteiger partial charge in [-0.2, -0.15) is 5.10 Å². The highest BCUT2D eigenvalue weighted by atomic mass is 32.1. The molecule has 4 rings (SSSR count). The zero-order chi connectivity index (χ0) is 19.8. The minimum Gasteiger partial charge on any atom is -0.266 e. The molecule has 142 valence electrons. The molecular formula is C19H15FN4O2S2. The zero-order valence-electron chi connectivity index (χ0n) is 14.9. The van der Waals surface area contributed by atoms with Crippen LogP contribution in [0.25, 0.3) is 20.7 Å². The van der Waals surface area contributed by atoms with E-state index >= 15 is 0 Å². The Morgan fingerprint density at radius 1 is 1.00 bits per heavy atom. The lowest BCUT2D eigenvalue weighted by atomic mass is 10.2. The van der Waals surface area contributed by atoms with E-state index in [-0.39, 0.29) is 11.7 Å². The Morgan fingerprint density at radius 3 is 2.36 bits per heavy atom. The lowest BCUT2D eigenvalue weighted by molar-refractivity contribution is 0.0851. The molecule has 0 bridgehead atoms. The van der Waals surface area contributed by atoms with E-state index < -0.39 is 5.91 Å². The first kappa shape index (κ1) is 18.3. The number of carbonyl (C=O) groups excluding carboxylic acids is 2. The van der Waals surface area contributed by atoms with Crippen molar-refractivity contribution >= 4 is 44.7 Å². The van der Waals surface area contributed by atoms with Crippen LogP contribution in [0.4, 0.5) is 4.39 Å². The van der Waals surface area contributed by atoms with E-state index in [9.17, 15) is 14.0 Å². The second-order valence-electron chi connectivity index (χ2n) is 6.12. The highest BCUT2D eigenvalue weighted by molar-refractivity contribution is 7.20. The van der Waals surface area contributed by atoms with E-state index in [0.29, 0.717) is 9.75 Å². The number of halogens is 1. The molecule has 28 heavy (non-hydrogen) atoms. The van der Waals surface area contributed by atoms with Gasteiger partial charge in [-0.15, -0.1) is 22.7 Å². The summed E-state index contributed by atoms with van der Waals surface area (Å²) in [5, 5.41) is 5.23. The van der Waals surface area contributed by atoms with Crippen molar-refractivity contribution in [2.75, 3.05) is 0 Å². The van der Waals surface area contributed by atoms with Gasteiger partial charge in [-0.05, 0) is 42.8 Å². The molecule has 2 amide bonds. The largest absolute Gasteiger partial charge is 0.279 e. The number of benzene rings is 1. The number of carbonyl (C=O) groups is 2. The van der Waals surface area contributed by atoms with Crippen molar-refractivity contribution in [3.63, 3.8) is 0 Å². The van der Waals surface area contributed by atoms with Crippen LogP contribution in [0, 0.1) is 12.7 Å². The number of aromatic nitrogens is 2. The molecule has 0 saturated heterocycles. The number of thiophene rings is 2. The molecule has 2 N–H and O–H groups in total. The summed E-state index contributed by atoms with van der Waals surface area (Å²) in [6.45, 7) is 1.88. The minimum absolute atomic E-state index is 0.312. The Kier molecular flexibility index (Phi) is 4.70. The molecule has 0 fully saturated rings. The van der Waals surface area contributed by atoms with Crippen molar-refractivity contribution in [3.8, 4) is 10.4 Å². The fourth-order valence-corrected chi connectivity index (χ4v) is 4.71. The highest BCUT2D eigenvalue weighted by Gasteiger charge is 2.16. The lowest BCUT2D eigenvalue weighted by Crippen LogP contribution is -2.41. The van der Waals surface area contributed by atoms with Crippen LogP contribution < -0.4 is 10.9 Å². The smallest absolute Gasteiger partial charge is 0.266 e. The maximum Gasteiger partial charge on any atom is 0.279 e. The molecular weight excluding hydrogens is 399 g/mol. The second kappa shape index (κ2) is 7.17. The third-order valence-corrected chi connectivity index (χ3v) is 6.50. The number of rotatable bonds is 3. The van der Waals surface area contributed by atoms with Crippen molar-refractivity contribution in [3.05, 3.63) is 63.7 Å². The molecule has 0 atom stereocenters. The van der Waals surface area contributed by atoms with Gasteiger partial charge in [0.25, 0.3) is 11.8 Å². The van der Waals surface area contributed by atoms with Crippen molar-refractivity contribution in [2.24, 2.45) is 7.05 Å². The van der Waals surface area contributed by atoms with Gasteiger partial charge < -0.3 is 0 Å². The van der Waals surface area contributed by atoms with Gasteiger partial charge in [0.05, 0.1) is 15.4 Å². The highest BCUT2D eigenvalue weighted by Crippen LogP contribution is 2.29. The van der Waals surface area contributed by atoms with Gasteiger partial charge in [-0.1, -0.05) is 12.1 Å². The van der Waals surface area contributed by atoms with E-state index in [1.807, 2.05) is 14.0 Å². The standard InChI is InChI=1S/C19H15FN4O2S2/c1-10-13-9-16(28-19(13)24(2)23-10)18(26)22-21-17(25)15-8-7-14(27-15)11-3-5-12(20)6-4-11/h3-9H,1-2H3,(H,21,25)(H,22,26). The van der Waals surface area contributed by atoms with Gasteiger partial charge in [0, 0.05) is 17.3 Å². The number of aryl methyl sites for hydroxylation is 2. The van der Waals surface area contributed by atoms with Crippen LogP contribution in [0.5, 0.6) is 0 Å². The number of nitrogens with one attached hydrogen (secondary N) is 2. The Bertz CT molecular complexity index is 1160. The first-order chi connectivity index (χ1) is 13.4. The van der Waals surface area contributed by atoms with Gasteiger partial charge in [-0.3, -0.25) is 25.1 Å². The second-order valence-corrected chi connectivity index (χ2v) is 8.23. The lowest BCUT2D eigenvalue weighted by Gasteiger charge is -2.04. The summed E-state index contributed by atoms with van der Waals surface area (Å²) in [5.74, 6) is -1.11. The molecule has 0 radical (unpaired) electrons. The molecule has 3 aromatic heterocycles. The number of nitrogens with zero attached hydrogens (tertiary/aromatic N) is 2. The number of hydrogen-bond donors (Lipinski definition) is 2. The molecule has 0 saturated carbocycles. The molecule has 9 heteroatoms. The molecule has 6 nitrogen and oxygen atoms in total. The molecule has 4 aromatic rings. The van der Waals surface area contributed by atoms with Crippen LogP contribution >= 0.6 is 22.7 Å². The SMILES string of the molecule is Cc1nn(C)c2sc(C(=O)NNC(=O)c3ccc(-c4ccc(F)cc4)s3)cc12. The topological polar surface area (TPSA) is 76.0 Å². The van der Waals surface area contributed by atoms with Crippen LogP contribution in [0.2, 0.25) is 0 Å². The van der Waals surface area contributed by atoms with E-state index in [1.54, 1.807) is 35.0 Å². The summed E-state index contributed by atoms with van der Waals surface area (Å²) in [5.41, 5.74) is 6.55. The Morgan fingerprint density at radius 2 is 1.68 bits per heavy atom. The summed E-state index contributed by atoms with van der Waals surface area (Å²) in [6, 6.07) is 11.3. The fraction of sp³-hybridized carbons (Fsp3) is 0.105. The van der Waals surface area contributed by atoms with Crippen LogP contribution in [0.15, 0.2) is 42.5 Å². The maximum absolute atomic E-state index is 13.0. The summed E-state index contributed by atoms with van der Waals surface area (Å²) >= 11 is 2.57. The molecule has 0 unspecified atom stereocenters. The molecule has 0 aliphatic heterocycles. The third kappa shape index (κ3) is 3.41. The van der Waals surface area contributed by atoms with Crippen LogP contribution in [-0.2, 0) is 7.05 Å². The first-order valence-corrected chi connectivity index (χ1v) is 9.95. The maximum atomic E-state index is 13.0. The minimum atomic E-state index is -0.411. The first-order valence-electron chi connectivity index (χ1n) is 8.32. The van der Waals surface area contributed by atoms with Crippen molar-refractivity contribution in [1.29, 1.82) is 0 Å². The van der Waals surface area contributed by atoms with E-state index in [1.165, 1.54) is 34.8 Å². The average Bonchev–Trinajstić information content (AvgIpc) is 3.38. The number of hydrogen-bond acceptors (Lipinski definition) is 5. The predicted octanol–water partition coefficient (Wildman–Crippen LogP) is 3.89. The quantitative estimate of drug-likeness (QED) is 0.500. The van der Waals surface area contributed by atoms with Crippen molar-refractivity contribution < 1.29 is 14.0 Å². The fourth-order valence-electron chi connectivity index (χ4n) is 2.78. The van der Waals surface area contributed by atoms with Crippen LogP contribution in [-0.4, -0.2) is 21.6 Å².